The topological polar surface area (TPSA) is 0 Å². The molecular formula is C23H35Si2-. The van der Waals surface area contributed by atoms with E-state index in [9.17, 15) is 0 Å². The summed E-state index contributed by atoms with van der Waals surface area (Å²) >= 11 is 0. The van der Waals surface area contributed by atoms with Crippen molar-refractivity contribution in [2.24, 2.45) is 0 Å². The van der Waals surface area contributed by atoms with Crippen LogP contribution in [-0.4, -0.2) is 16.1 Å². The van der Waals surface area contributed by atoms with E-state index in [1.807, 2.05) is 0 Å². The molecule has 2 heteroatoms. The maximum absolute atomic E-state index is 2.41. The third-order valence-electron chi connectivity index (χ3n) is 5.16. The van der Waals surface area contributed by atoms with Crippen LogP contribution in [0.5, 0.6) is 0 Å². The molecule has 0 radical (unpaired) electrons. The quantitative estimate of drug-likeness (QED) is 0.421. The SMILES string of the molecule is CCC(C[CH-]c1ccc([Si](C)(C)C)cc1)c1ccc([Si](C)(C)C)cc1. The van der Waals surface area contributed by atoms with Crippen molar-refractivity contribution < 1.29 is 0 Å². The molecule has 0 aromatic heterocycles. The lowest BCUT2D eigenvalue weighted by atomic mass is 9.90. The largest absolute Gasteiger partial charge is 0.192 e. The highest BCUT2D eigenvalue weighted by molar-refractivity contribution is 6.89. The van der Waals surface area contributed by atoms with E-state index in [1.165, 1.54) is 17.5 Å². The smallest absolute Gasteiger partial charge is 0.0775 e. The van der Waals surface area contributed by atoms with Crippen LogP contribution in [0.3, 0.4) is 0 Å². The van der Waals surface area contributed by atoms with E-state index in [0.29, 0.717) is 5.92 Å². The first-order valence-electron chi connectivity index (χ1n) is 9.65. The second-order valence-corrected chi connectivity index (χ2v) is 19.4. The molecule has 2 aromatic carbocycles. The molecule has 1 unspecified atom stereocenters. The van der Waals surface area contributed by atoms with Crippen molar-refractivity contribution in [2.45, 2.75) is 65.0 Å². The molecule has 1 atom stereocenters. The summed E-state index contributed by atoms with van der Waals surface area (Å²) in [5.74, 6) is 0.618. The molecule has 2 rings (SSSR count). The molecule has 0 aliphatic rings. The Kier molecular flexibility index (Phi) is 6.39. The summed E-state index contributed by atoms with van der Waals surface area (Å²) in [5, 5.41) is 3.09. The molecule has 0 bridgehead atoms. The van der Waals surface area contributed by atoms with Crippen LogP contribution in [0.1, 0.15) is 36.8 Å². The molecule has 25 heavy (non-hydrogen) atoms. The van der Waals surface area contributed by atoms with Gasteiger partial charge in [0.1, 0.15) is 0 Å². The zero-order chi connectivity index (χ0) is 18.7. The van der Waals surface area contributed by atoms with Crippen LogP contribution in [0.4, 0.5) is 0 Å². The highest BCUT2D eigenvalue weighted by Crippen LogP contribution is 2.26. The van der Waals surface area contributed by atoms with Crippen LogP contribution in [0.15, 0.2) is 48.5 Å². The molecule has 0 N–H and O–H groups in total. The van der Waals surface area contributed by atoms with Crippen LogP contribution in [0.2, 0.25) is 39.3 Å². The average Bonchev–Trinajstić information content (AvgIpc) is 2.55. The van der Waals surface area contributed by atoms with Crippen molar-refractivity contribution in [1.29, 1.82) is 0 Å². The Morgan fingerprint density at radius 1 is 0.720 bits per heavy atom. The average molecular weight is 368 g/mol. The summed E-state index contributed by atoms with van der Waals surface area (Å²) in [7, 11) is -2.39. The predicted octanol–water partition coefficient (Wildman–Crippen LogP) is 5.91. The van der Waals surface area contributed by atoms with E-state index in [2.05, 4.69) is 101 Å². The Bertz CT molecular complexity index is 655. The summed E-state index contributed by atoms with van der Waals surface area (Å²) in [6, 6.07) is 18.7. The first-order chi connectivity index (χ1) is 11.6. The minimum absolute atomic E-state index is 0.618. The van der Waals surface area contributed by atoms with Gasteiger partial charge in [0.25, 0.3) is 0 Å². The van der Waals surface area contributed by atoms with Crippen molar-refractivity contribution in [3.63, 3.8) is 0 Å². The minimum Gasteiger partial charge on any atom is -0.192 e. The lowest BCUT2D eigenvalue weighted by Crippen LogP contribution is -2.37. The summed E-state index contributed by atoms with van der Waals surface area (Å²) in [6.45, 7) is 16.8. The van der Waals surface area contributed by atoms with Crippen molar-refractivity contribution in [3.8, 4) is 0 Å². The van der Waals surface area contributed by atoms with Gasteiger partial charge in [-0.25, -0.2) is 0 Å². The van der Waals surface area contributed by atoms with E-state index < -0.39 is 16.1 Å². The third-order valence-corrected chi connectivity index (χ3v) is 9.29. The molecule has 0 nitrogen and oxygen atoms in total. The monoisotopic (exact) mass is 367 g/mol. The van der Waals surface area contributed by atoms with Gasteiger partial charge >= 0.3 is 0 Å². The summed E-state index contributed by atoms with van der Waals surface area (Å²) in [6.07, 6.45) is 4.72. The van der Waals surface area contributed by atoms with Crippen molar-refractivity contribution in [3.05, 3.63) is 66.1 Å². The molecule has 0 saturated heterocycles. The molecule has 0 fully saturated rings. The Morgan fingerprint density at radius 3 is 1.56 bits per heavy atom. The number of rotatable bonds is 7. The number of hydrogen-bond donors (Lipinski definition) is 0. The maximum atomic E-state index is 2.41. The standard InChI is InChI=1S/C23H35Si2/c1-8-20(21-13-17-23(18-14-21)25(5,6)7)12-9-19-10-15-22(16-11-19)24(2,3)4/h9-11,13-18,20H,8,12H2,1-7H3/q-1. The lowest BCUT2D eigenvalue weighted by Gasteiger charge is -2.23. The van der Waals surface area contributed by atoms with Gasteiger partial charge in [0.05, 0.1) is 16.1 Å². The Hall–Kier alpha value is -1.26. The Morgan fingerprint density at radius 2 is 1.16 bits per heavy atom. The van der Waals surface area contributed by atoms with Crippen LogP contribution in [0.25, 0.3) is 0 Å². The summed E-state index contributed by atoms with van der Waals surface area (Å²) < 4.78 is 0. The van der Waals surface area contributed by atoms with Gasteiger partial charge in [-0.05, 0) is 17.9 Å². The summed E-state index contributed by atoms with van der Waals surface area (Å²) in [4.78, 5) is 0. The second-order valence-electron chi connectivity index (χ2n) is 9.29. The van der Waals surface area contributed by atoms with Gasteiger partial charge < -0.3 is 0 Å². The van der Waals surface area contributed by atoms with Gasteiger partial charge in [0.2, 0.25) is 0 Å². The molecule has 2 aromatic rings. The first kappa shape index (κ1) is 20.1. The first-order valence-corrected chi connectivity index (χ1v) is 16.7. The van der Waals surface area contributed by atoms with E-state index in [1.54, 1.807) is 10.4 Å². The zero-order valence-electron chi connectivity index (χ0n) is 17.2. The predicted molar refractivity (Wildman–Crippen MR) is 120 cm³/mol. The van der Waals surface area contributed by atoms with E-state index in [4.69, 9.17) is 0 Å². The van der Waals surface area contributed by atoms with Crippen LogP contribution in [0, 0.1) is 6.42 Å². The maximum Gasteiger partial charge on any atom is 0.0775 e. The molecule has 0 heterocycles. The fourth-order valence-electron chi connectivity index (χ4n) is 3.19. The molecular weight excluding hydrogens is 332 g/mol. The van der Waals surface area contributed by atoms with Gasteiger partial charge in [0, 0.05) is 0 Å². The van der Waals surface area contributed by atoms with Crippen molar-refractivity contribution >= 4 is 26.5 Å². The Balaban J connectivity index is 2.02. The number of benzene rings is 2. The zero-order valence-corrected chi connectivity index (χ0v) is 19.2. The van der Waals surface area contributed by atoms with Crippen LogP contribution >= 0.6 is 0 Å². The molecule has 136 valence electrons. The molecule has 0 aliphatic carbocycles. The highest BCUT2D eigenvalue weighted by Gasteiger charge is 2.17. The van der Waals surface area contributed by atoms with Gasteiger partial charge in [-0.15, -0.1) is 12.1 Å². The normalized spacial score (nSPS) is 13.6. The van der Waals surface area contributed by atoms with E-state index >= 15 is 0 Å². The highest BCUT2D eigenvalue weighted by atomic mass is 28.3. The van der Waals surface area contributed by atoms with Gasteiger partial charge in [-0.3, -0.25) is 0 Å². The molecule has 0 spiro atoms. The fourth-order valence-corrected chi connectivity index (χ4v) is 5.52. The van der Waals surface area contributed by atoms with E-state index in [-0.39, 0.29) is 0 Å². The van der Waals surface area contributed by atoms with Gasteiger partial charge in [-0.1, -0.05) is 87.3 Å². The molecule has 0 amide bonds. The van der Waals surface area contributed by atoms with Gasteiger partial charge in [0.15, 0.2) is 0 Å². The van der Waals surface area contributed by atoms with Crippen LogP contribution < -0.4 is 10.4 Å². The molecule has 0 aliphatic heterocycles. The van der Waals surface area contributed by atoms with Crippen LogP contribution in [-0.2, 0) is 0 Å². The minimum atomic E-state index is -1.20. The fraction of sp³-hybridized carbons (Fsp3) is 0.435. The Labute approximate surface area is 157 Å². The third kappa shape index (κ3) is 5.62. The number of hydrogen-bond acceptors (Lipinski definition) is 0. The van der Waals surface area contributed by atoms with Gasteiger partial charge in [-0.2, -0.15) is 24.1 Å². The van der Waals surface area contributed by atoms with E-state index in [0.717, 1.165) is 6.42 Å². The van der Waals surface area contributed by atoms with Crippen molar-refractivity contribution in [1.82, 2.24) is 0 Å². The van der Waals surface area contributed by atoms with Crippen molar-refractivity contribution in [2.75, 3.05) is 0 Å². The second kappa shape index (κ2) is 7.96. The molecule has 0 saturated carbocycles. The summed E-state index contributed by atoms with van der Waals surface area (Å²) in [5.41, 5.74) is 2.85. The lowest BCUT2D eigenvalue weighted by molar-refractivity contribution is 0.658.